The molecule has 5 nitrogen and oxygen atoms in total. The molecule has 0 saturated heterocycles. The van der Waals surface area contributed by atoms with E-state index in [9.17, 15) is 0 Å². The van der Waals surface area contributed by atoms with Crippen molar-refractivity contribution in [3.05, 3.63) is 38.5 Å². The van der Waals surface area contributed by atoms with Crippen molar-refractivity contribution in [2.75, 3.05) is 5.43 Å². The molecule has 0 saturated carbocycles. The van der Waals surface area contributed by atoms with Gasteiger partial charge in [-0.1, -0.05) is 15.9 Å². The molecule has 3 N–H and O–H groups in total. The van der Waals surface area contributed by atoms with Gasteiger partial charge in [0, 0.05) is 4.47 Å². The van der Waals surface area contributed by atoms with Crippen LogP contribution in [0.25, 0.3) is 0 Å². The van der Waals surface area contributed by atoms with E-state index in [2.05, 4.69) is 47.3 Å². The lowest BCUT2D eigenvalue weighted by Crippen LogP contribution is -2.09. The maximum absolute atomic E-state index is 5.75. The highest BCUT2D eigenvalue weighted by molar-refractivity contribution is 9.11. The molecule has 0 amide bonds. The monoisotopic (exact) mass is 386 g/mol. The molecule has 0 aliphatic heterocycles. The minimum atomic E-state index is 0.407. The van der Waals surface area contributed by atoms with Crippen LogP contribution < -0.4 is 16.0 Å². The Labute approximate surface area is 127 Å². The van der Waals surface area contributed by atoms with E-state index < -0.39 is 0 Å². The Bertz CT molecular complexity index is 596. The van der Waals surface area contributed by atoms with Crippen molar-refractivity contribution in [1.29, 1.82) is 0 Å². The van der Waals surface area contributed by atoms with Crippen molar-refractivity contribution < 1.29 is 4.74 Å². The number of nitrogens with two attached hydrogens (primary N) is 1. The Morgan fingerprint density at radius 1 is 1.11 bits per heavy atom. The second-order valence-corrected chi connectivity index (χ2v) is 5.54. The average molecular weight is 388 g/mol. The smallest absolute Gasteiger partial charge is 0.238 e. The summed E-state index contributed by atoms with van der Waals surface area (Å²) in [6.07, 6.45) is 1.38. The van der Waals surface area contributed by atoms with Gasteiger partial charge in [-0.3, -0.25) is 0 Å². The van der Waals surface area contributed by atoms with Gasteiger partial charge in [-0.25, -0.2) is 15.8 Å². The van der Waals surface area contributed by atoms with Gasteiger partial charge in [-0.05, 0) is 53.0 Å². The lowest BCUT2D eigenvalue weighted by atomic mass is 10.1. The second kappa shape index (κ2) is 5.85. The summed E-state index contributed by atoms with van der Waals surface area (Å²) in [5.41, 5.74) is 4.66. The SMILES string of the molecule is Cc1cc(Oc2ncnc(NN)c2Br)cc(C)c1Br. The third-order valence-corrected chi connectivity index (χ3v) is 4.48. The van der Waals surface area contributed by atoms with E-state index in [-0.39, 0.29) is 0 Å². The van der Waals surface area contributed by atoms with Gasteiger partial charge in [0.25, 0.3) is 0 Å². The molecule has 0 radical (unpaired) electrons. The van der Waals surface area contributed by atoms with Gasteiger partial charge in [0.05, 0.1) is 0 Å². The number of halogens is 2. The molecule has 0 spiro atoms. The number of hydrazine groups is 1. The largest absolute Gasteiger partial charge is 0.438 e. The first kappa shape index (κ1) is 14.2. The number of aryl methyl sites for hydroxylation is 2. The maximum Gasteiger partial charge on any atom is 0.238 e. The summed E-state index contributed by atoms with van der Waals surface area (Å²) in [7, 11) is 0. The highest BCUT2D eigenvalue weighted by Crippen LogP contribution is 2.33. The number of hydrogen-bond donors (Lipinski definition) is 2. The van der Waals surface area contributed by atoms with Crippen molar-refractivity contribution in [3.63, 3.8) is 0 Å². The number of hydrogen-bond acceptors (Lipinski definition) is 5. The summed E-state index contributed by atoms with van der Waals surface area (Å²) in [5.74, 6) is 6.93. The molecule has 1 aromatic heterocycles. The van der Waals surface area contributed by atoms with Crippen LogP contribution in [0.2, 0.25) is 0 Å². The third kappa shape index (κ3) is 3.05. The topological polar surface area (TPSA) is 73.1 Å². The predicted octanol–water partition coefficient (Wildman–Crippen LogP) is 3.70. The van der Waals surface area contributed by atoms with Crippen LogP contribution in [0.15, 0.2) is 27.4 Å². The van der Waals surface area contributed by atoms with Crippen LogP contribution in [0.3, 0.4) is 0 Å². The van der Waals surface area contributed by atoms with Crippen LogP contribution in [0.4, 0.5) is 5.82 Å². The van der Waals surface area contributed by atoms with E-state index in [1.54, 1.807) is 0 Å². The zero-order valence-corrected chi connectivity index (χ0v) is 13.5. The molecular formula is C12H12Br2N4O. The van der Waals surface area contributed by atoms with E-state index in [0.717, 1.165) is 15.6 Å². The number of anilines is 1. The number of nitrogens with one attached hydrogen (secondary N) is 1. The number of nitrogens with zero attached hydrogens (tertiary/aromatic N) is 2. The fourth-order valence-corrected chi connectivity index (χ4v) is 2.23. The number of nitrogen functional groups attached to an aromatic ring is 1. The molecule has 0 unspecified atom stereocenters. The van der Waals surface area contributed by atoms with Crippen LogP contribution in [-0.2, 0) is 0 Å². The standard InChI is InChI=1S/C12H12Br2N4O/c1-6-3-8(4-7(2)9(6)13)19-12-10(14)11(18-15)16-5-17-12/h3-5H,15H2,1-2H3,(H,16,17,18). The first-order valence-electron chi connectivity index (χ1n) is 5.44. The van der Waals surface area contributed by atoms with Crippen LogP contribution in [0.1, 0.15) is 11.1 Å². The van der Waals surface area contributed by atoms with Gasteiger partial charge in [0.15, 0.2) is 5.82 Å². The molecule has 0 atom stereocenters. The Morgan fingerprint density at radius 3 is 2.32 bits per heavy atom. The number of rotatable bonds is 3. The Hall–Kier alpha value is -1.18. The molecule has 2 rings (SSSR count). The summed E-state index contributed by atoms with van der Waals surface area (Å²) in [6, 6.07) is 3.86. The first-order chi connectivity index (χ1) is 9.02. The molecule has 1 heterocycles. The summed E-state index contributed by atoms with van der Waals surface area (Å²) in [5, 5.41) is 0. The summed E-state index contributed by atoms with van der Waals surface area (Å²) in [6.45, 7) is 4.01. The Kier molecular flexibility index (Phi) is 4.38. The zero-order chi connectivity index (χ0) is 14.0. The molecule has 0 fully saturated rings. The Balaban J connectivity index is 2.36. The summed E-state index contributed by atoms with van der Waals surface area (Å²) < 4.78 is 7.41. The normalized spacial score (nSPS) is 10.4. The zero-order valence-electron chi connectivity index (χ0n) is 10.4. The fraction of sp³-hybridized carbons (Fsp3) is 0.167. The lowest BCUT2D eigenvalue weighted by Gasteiger charge is -2.11. The quantitative estimate of drug-likeness (QED) is 0.620. The van der Waals surface area contributed by atoms with Gasteiger partial charge >= 0.3 is 0 Å². The molecule has 100 valence electrons. The van der Waals surface area contributed by atoms with Crippen LogP contribution in [-0.4, -0.2) is 9.97 Å². The van der Waals surface area contributed by atoms with E-state index in [0.29, 0.717) is 21.9 Å². The van der Waals surface area contributed by atoms with Gasteiger partial charge in [0.2, 0.25) is 5.88 Å². The molecule has 7 heteroatoms. The molecule has 0 bridgehead atoms. The van der Waals surface area contributed by atoms with Crippen molar-refractivity contribution in [2.45, 2.75) is 13.8 Å². The van der Waals surface area contributed by atoms with Crippen molar-refractivity contribution in [2.24, 2.45) is 5.84 Å². The maximum atomic E-state index is 5.75. The van der Waals surface area contributed by atoms with E-state index in [4.69, 9.17) is 10.6 Å². The van der Waals surface area contributed by atoms with Crippen molar-refractivity contribution in [3.8, 4) is 11.6 Å². The highest BCUT2D eigenvalue weighted by atomic mass is 79.9. The second-order valence-electron chi connectivity index (χ2n) is 3.96. The van der Waals surface area contributed by atoms with Crippen molar-refractivity contribution in [1.82, 2.24) is 9.97 Å². The minimum absolute atomic E-state index is 0.407. The van der Waals surface area contributed by atoms with Crippen LogP contribution >= 0.6 is 31.9 Å². The van der Waals surface area contributed by atoms with E-state index in [1.165, 1.54) is 6.33 Å². The third-order valence-electron chi connectivity index (χ3n) is 2.52. The molecule has 0 aliphatic rings. The van der Waals surface area contributed by atoms with E-state index in [1.807, 2.05) is 26.0 Å². The summed E-state index contributed by atoms with van der Waals surface area (Å²) in [4.78, 5) is 8.04. The minimum Gasteiger partial charge on any atom is -0.438 e. The Morgan fingerprint density at radius 2 is 1.74 bits per heavy atom. The average Bonchev–Trinajstić information content (AvgIpc) is 2.38. The predicted molar refractivity (Wildman–Crippen MR) is 81.2 cm³/mol. The van der Waals surface area contributed by atoms with Gasteiger partial charge < -0.3 is 10.2 Å². The highest BCUT2D eigenvalue weighted by Gasteiger charge is 2.11. The van der Waals surface area contributed by atoms with Gasteiger partial charge in [-0.2, -0.15) is 0 Å². The number of aromatic nitrogens is 2. The molecule has 0 aliphatic carbocycles. The number of ether oxygens (including phenoxy) is 1. The van der Waals surface area contributed by atoms with Crippen LogP contribution in [0.5, 0.6) is 11.6 Å². The van der Waals surface area contributed by atoms with Gasteiger partial charge in [-0.15, -0.1) is 0 Å². The summed E-state index contributed by atoms with van der Waals surface area (Å²) >= 11 is 6.87. The number of benzene rings is 1. The first-order valence-corrected chi connectivity index (χ1v) is 7.03. The van der Waals surface area contributed by atoms with E-state index >= 15 is 0 Å². The molecule has 2 aromatic rings. The van der Waals surface area contributed by atoms with Crippen LogP contribution in [0, 0.1) is 13.8 Å². The molecular weight excluding hydrogens is 376 g/mol. The fourth-order valence-electron chi connectivity index (χ4n) is 1.60. The van der Waals surface area contributed by atoms with Crippen molar-refractivity contribution >= 4 is 37.7 Å². The lowest BCUT2D eigenvalue weighted by molar-refractivity contribution is 0.457. The van der Waals surface area contributed by atoms with Gasteiger partial charge in [0.1, 0.15) is 16.5 Å². The molecule has 1 aromatic carbocycles. The molecule has 19 heavy (non-hydrogen) atoms.